The molecule has 29 heavy (non-hydrogen) atoms. The molecule has 0 saturated carbocycles. The van der Waals surface area contributed by atoms with E-state index in [0.717, 1.165) is 49.6 Å². The zero-order valence-electron chi connectivity index (χ0n) is 17.3. The van der Waals surface area contributed by atoms with E-state index < -0.39 is 0 Å². The zero-order chi connectivity index (χ0) is 20.2. The van der Waals surface area contributed by atoms with Crippen LogP contribution in [0.4, 0.5) is 0 Å². The average Bonchev–Trinajstić information content (AvgIpc) is 3.05. The fourth-order valence-electron chi connectivity index (χ4n) is 4.10. The molecule has 1 atom stereocenters. The Morgan fingerprint density at radius 2 is 2.00 bits per heavy atom. The highest BCUT2D eigenvalue weighted by atomic mass is 16.5. The number of aromatic nitrogens is 1. The van der Waals surface area contributed by atoms with Crippen LogP contribution in [-0.4, -0.2) is 79.0 Å². The lowest BCUT2D eigenvalue weighted by Gasteiger charge is -2.28. The Bertz CT molecular complexity index is 823. The van der Waals surface area contributed by atoms with Crippen molar-refractivity contribution in [2.45, 2.75) is 25.5 Å². The van der Waals surface area contributed by atoms with Crippen LogP contribution in [0.1, 0.15) is 35.4 Å². The highest BCUT2D eigenvalue weighted by Crippen LogP contribution is 2.29. The zero-order valence-corrected chi connectivity index (χ0v) is 17.3. The van der Waals surface area contributed by atoms with Crippen LogP contribution in [0.5, 0.6) is 0 Å². The van der Waals surface area contributed by atoms with E-state index in [0.29, 0.717) is 31.9 Å². The minimum atomic E-state index is -0.333. The van der Waals surface area contributed by atoms with E-state index in [9.17, 15) is 4.79 Å². The quantitative estimate of drug-likeness (QED) is 0.767. The van der Waals surface area contributed by atoms with E-state index in [1.165, 1.54) is 0 Å². The molecule has 7 heteroatoms. The van der Waals surface area contributed by atoms with Crippen LogP contribution in [0.3, 0.4) is 0 Å². The average molecular weight is 399 g/mol. The second kappa shape index (κ2) is 9.07. The van der Waals surface area contributed by atoms with Gasteiger partial charge in [-0.2, -0.15) is 0 Å². The van der Waals surface area contributed by atoms with Crippen LogP contribution in [0.25, 0.3) is 0 Å². The molecular formula is C22H30N4O3. The van der Waals surface area contributed by atoms with Gasteiger partial charge in [0, 0.05) is 33.2 Å². The van der Waals surface area contributed by atoms with Gasteiger partial charge in [0.2, 0.25) is 11.8 Å². The first-order valence-electron chi connectivity index (χ1n) is 10.4. The molecule has 3 heterocycles. The Morgan fingerprint density at radius 3 is 2.79 bits per heavy atom. The van der Waals surface area contributed by atoms with E-state index in [-0.39, 0.29) is 12.0 Å². The molecule has 4 rings (SSSR count). The summed E-state index contributed by atoms with van der Waals surface area (Å²) in [7, 11) is 3.80. The Morgan fingerprint density at radius 1 is 1.17 bits per heavy atom. The normalized spacial score (nSPS) is 19.6. The lowest BCUT2D eigenvalue weighted by Crippen LogP contribution is -2.43. The predicted octanol–water partition coefficient (Wildman–Crippen LogP) is 1.93. The third kappa shape index (κ3) is 4.69. The van der Waals surface area contributed by atoms with Gasteiger partial charge in [0.25, 0.3) is 0 Å². The van der Waals surface area contributed by atoms with Crippen molar-refractivity contribution in [3.63, 3.8) is 0 Å². The number of benzene rings is 1. The number of methoxy groups -OCH3 is 1. The topological polar surface area (TPSA) is 62.1 Å². The van der Waals surface area contributed by atoms with Gasteiger partial charge >= 0.3 is 0 Å². The minimum Gasteiger partial charge on any atom is -0.442 e. The van der Waals surface area contributed by atoms with Gasteiger partial charge in [-0.3, -0.25) is 9.69 Å². The number of ether oxygens (including phenoxy) is 1. The highest BCUT2D eigenvalue weighted by molar-refractivity contribution is 5.78. The largest absolute Gasteiger partial charge is 0.442 e. The lowest BCUT2D eigenvalue weighted by atomic mass is 10.1. The lowest BCUT2D eigenvalue weighted by molar-refractivity contribution is -0.133. The van der Waals surface area contributed by atoms with Gasteiger partial charge in [-0.1, -0.05) is 30.3 Å². The van der Waals surface area contributed by atoms with Gasteiger partial charge < -0.3 is 19.0 Å². The molecular weight excluding hydrogens is 368 g/mol. The minimum absolute atomic E-state index is 0.177. The van der Waals surface area contributed by atoms with Gasteiger partial charge in [0.1, 0.15) is 11.5 Å². The number of amides is 1. The second-order valence-electron chi connectivity index (χ2n) is 7.95. The molecule has 7 nitrogen and oxygen atoms in total. The number of carbonyl (C=O) groups is 1. The first-order chi connectivity index (χ1) is 14.1. The molecule has 0 radical (unpaired) electrons. The Kier molecular flexibility index (Phi) is 6.28. The van der Waals surface area contributed by atoms with Crippen molar-refractivity contribution in [3.8, 4) is 0 Å². The van der Waals surface area contributed by atoms with Crippen molar-refractivity contribution >= 4 is 5.91 Å². The van der Waals surface area contributed by atoms with Crippen LogP contribution in [0.15, 0.2) is 34.7 Å². The van der Waals surface area contributed by atoms with Crippen LogP contribution >= 0.6 is 0 Å². The first-order valence-corrected chi connectivity index (χ1v) is 10.4. The summed E-state index contributed by atoms with van der Waals surface area (Å²) in [6, 6.07) is 9.94. The second-order valence-corrected chi connectivity index (χ2v) is 7.95. The number of carbonyl (C=O) groups excluding carboxylic acids is 1. The summed E-state index contributed by atoms with van der Waals surface area (Å²) in [4.78, 5) is 24.1. The van der Waals surface area contributed by atoms with E-state index in [1.54, 1.807) is 7.11 Å². The van der Waals surface area contributed by atoms with Gasteiger partial charge in [0.15, 0.2) is 6.10 Å². The predicted molar refractivity (Wildman–Crippen MR) is 109 cm³/mol. The van der Waals surface area contributed by atoms with Crippen LogP contribution < -0.4 is 0 Å². The summed E-state index contributed by atoms with van der Waals surface area (Å²) in [5, 5.41) is 0. The highest BCUT2D eigenvalue weighted by Gasteiger charge is 2.29. The van der Waals surface area contributed by atoms with Crippen molar-refractivity contribution in [3.05, 3.63) is 53.2 Å². The fourth-order valence-corrected chi connectivity index (χ4v) is 4.10. The number of fused-ring (bicyclic) bond motifs is 1. The SMILES string of the molecule is COC(c1ccccc1)c1nc2c(o1)CCN(C(=O)CN1CCCN(C)CC1)C2. The third-order valence-corrected chi connectivity index (χ3v) is 5.83. The van der Waals surface area contributed by atoms with Crippen molar-refractivity contribution in [1.82, 2.24) is 19.7 Å². The summed E-state index contributed by atoms with van der Waals surface area (Å²) in [6.45, 7) is 5.72. The van der Waals surface area contributed by atoms with Crippen LogP contribution in [0.2, 0.25) is 0 Å². The molecule has 2 aromatic rings. The molecule has 1 amide bonds. The van der Waals surface area contributed by atoms with Crippen LogP contribution in [-0.2, 0) is 22.5 Å². The molecule has 2 aliphatic rings. The summed E-state index contributed by atoms with van der Waals surface area (Å²) >= 11 is 0. The number of likely N-dealkylation sites (N-methyl/N-ethyl adjacent to an activating group) is 1. The standard InChI is InChI=1S/C22H30N4O3/c1-24-10-6-11-25(14-13-24)16-20(27)26-12-9-19-18(15-26)23-22(29-19)21(28-2)17-7-4-3-5-8-17/h3-5,7-8,21H,6,9-16H2,1-2H3. The molecule has 2 aliphatic heterocycles. The van der Waals surface area contributed by atoms with Gasteiger partial charge in [-0.05, 0) is 32.1 Å². The summed E-state index contributed by atoms with van der Waals surface area (Å²) < 4.78 is 11.7. The number of hydrogen-bond acceptors (Lipinski definition) is 6. The summed E-state index contributed by atoms with van der Waals surface area (Å²) in [5.41, 5.74) is 1.86. The molecule has 0 N–H and O–H groups in total. The van der Waals surface area contributed by atoms with Gasteiger partial charge in [0.05, 0.1) is 13.1 Å². The van der Waals surface area contributed by atoms with Crippen molar-refractivity contribution in [1.29, 1.82) is 0 Å². The molecule has 156 valence electrons. The molecule has 1 fully saturated rings. The smallest absolute Gasteiger partial charge is 0.237 e. The maximum atomic E-state index is 12.9. The Hall–Kier alpha value is -2.22. The maximum absolute atomic E-state index is 12.9. The maximum Gasteiger partial charge on any atom is 0.237 e. The monoisotopic (exact) mass is 398 g/mol. The van der Waals surface area contributed by atoms with Crippen molar-refractivity contribution in [2.75, 3.05) is 53.4 Å². The van der Waals surface area contributed by atoms with E-state index >= 15 is 0 Å². The summed E-state index contributed by atoms with van der Waals surface area (Å²) in [5.74, 6) is 1.61. The molecule has 0 spiro atoms. The molecule has 1 aromatic heterocycles. The number of oxazole rings is 1. The van der Waals surface area contributed by atoms with E-state index in [2.05, 4.69) is 16.8 Å². The van der Waals surface area contributed by atoms with Gasteiger partial charge in [-0.25, -0.2) is 4.98 Å². The van der Waals surface area contributed by atoms with Crippen LogP contribution in [0, 0.1) is 0 Å². The van der Waals surface area contributed by atoms with E-state index in [4.69, 9.17) is 14.1 Å². The number of hydrogen-bond donors (Lipinski definition) is 0. The number of nitrogens with zero attached hydrogens (tertiary/aromatic N) is 4. The molecule has 0 aliphatic carbocycles. The first kappa shape index (κ1) is 20.1. The Balaban J connectivity index is 1.41. The van der Waals surface area contributed by atoms with Crippen molar-refractivity contribution in [2.24, 2.45) is 0 Å². The summed E-state index contributed by atoms with van der Waals surface area (Å²) in [6.07, 6.45) is 1.47. The fraction of sp³-hybridized carbons (Fsp3) is 0.545. The molecule has 1 unspecified atom stereocenters. The molecule has 1 aromatic carbocycles. The molecule has 0 bridgehead atoms. The molecule has 1 saturated heterocycles. The third-order valence-electron chi connectivity index (χ3n) is 5.83. The van der Waals surface area contributed by atoms with Gasteiger partial charge in [-0.15, -0.1) is 0 Å². The van der Waals surface area contributed by atoms with Crippen molar-refractivity contribution < 1.29 is 13.9 Å². The van der Waals surface area contributed by atoms with E-state index in [1.807, 2.05) is 35.2 Å². The number of rotatable bonds is 5. The Labute approximate surface area is 172 Å².